The zero-order chi connectivity index (χ0) is 22.4. The number of benzene rings is 2. The van der Waals surface area contributed by atoms with Crippen molar-refractivity contribution >= 4 is 22.8 Å². The predicted molar refractivity (Wildman–Crippen MR) is 119 cm³/mol. The number of fused-ring (bicyclic) bond motifs is 1. The molecule has 0 bridgehead atoms. The van der Waals surface area contributed by atoms with Gasteiger partial charge in [0.25, 0.3) is 11.5 Å². The summed E-state index contributed by atoms with van der Waals surface area (Å²) in [5.41, 5.74) is 2.45. The van der Waals surface area contributed by atoms with Gasteiger partial charge in [0, 0.05) is 0 Å². The summed E-state index contributed by atoms with van der Waals surface area (Å²) in [5, 5.41) is 3.23. The second-order valence-electron chi connectivity index (χ2n) is 7.98. The van der Waals surface area contributed by atoms with Crippen molar-refractivity contribution in [3.63, 3.8) is 0 Å². The smallest absolute Gasteiger partial charge is 0.326 e. The average Bonchev–Trinajstić information content (AvgIpc) is 2.74. The first-order valence-corrected chi connectivity index (χ1v) is 10.3. The van der Waals surface area contributed by atoms with E-state index in [0.29, 0.717) is 16.8 Å². The number of aromatic nitrogens is 2. The van der Waals surface area contributed by atoms with E-state index in [-0.39, 0.29) is 18.1 Å². The third-order valence-corrected chi connectivity index (χ3v) is 4.90. The van der Waals surface area contributed by atoms with E-state index in [1.54, 1.807) is 24.3 Å². The third kappa shape index (κ3) is 6.01. The SMILES string of the molecule is CC(C)Cc1ccc([C@@H](C)NC(=O)COC(=O)Cn2cnc3ccccc3c2=O)cc1. The fourth-order valence-electron chi connectivity index (χ4n) is 3.33. The fourth-order valence-corrected chi connectivity index (χ4v) is 3.33. The van der Waals surface area contributed by atoms with Gasteiger partial charge < -0.3 is 10.1 Å². The molecule has 1 atom stereocenters. The summed E-state index contributed by atoms with van der Waals surface area (Å²) in [4.78, 5) is 40.8. The average molecular weight is 421 g/mol. The molecular weight excluding hydrogens is 394 g/mol. The number of carbonyl (C=O) groups excluding carboxylic acids is 2. The molecule has 0 aliphatic heterocycles. The maximum Gasteiger partial charge on any atom is 0.326 e. The molecule has 1 aromatic heterocycles. The molecule has 7 nitrogen and oxygen atoms in total. The van der Waals surface area contributed by atoms with Crippen LogP contribution < -0.4 is 10.9 Å². The van der Waals surface area contributed by atoms with Crippen LogP contribution >= 0.6 is 0 Å². The van der Waals surface area contributed by atoms with E-state index in [0.717, 1.165) is 12.0 Å². The summed E-state index contributed by atoms with van der Waals surface area (Å²) in [6.45, 7) is 5.49. The number of para-hydroxylation sites is 1. The maximum absolute atomic E-state index is 12.4. The lowest BCUT2D eigenvalue weighted by molar-refractivity contribution is -0.149. The minimum Gasteiger partial charge on any atom is -0.454 e. The van der Waals surface area contributed by atoms with Crippen LogP contribution in [0, 0.1) is 5.92 Å². The first-order valence-electron chi connectivity index (χ1n) is 10.3. The van der Waals surface area contributed by atoms with E-state index in [1.165, 1.54) is 16.5 Å². The summed E-state index contributed by atoms with van der Waals surface area (Å²) in [7, 11) is 0. The van der Waals surface area contributed by atoms with E-state index in [4.69, 9.17) is 4.74 Å². The van der Waals surface area contributed by atoms with Gasteiger partial charge in [-0.15, -0.1) is 0 Å². The number of amides is 1. The normalized spacial score (nSPS) is 12.0. The van der Waals surface area contributed by atoms with E-state index in [2.05, 4.69) is 36.3 Å². The van der Waals surface area contributed by atoms with Crippen LogP contribution in [0.25, 0.3) is 10.9 Å². The lowest BCUT2D eigenvalue weighted by Gasteiger charge is -2.15. The Morgan fingerprint density at radius 1 is 1.06 bits per heavy atom. The van der Waals surface area contributed by atoms with Gasteiger partial charge in [-0.05, 0) is 42.5 Å². The predicted octanol–water partition coefficient (Wildman–Crippen LogP) is 3.02. The zero-order valence-electron chi connectivity index (χ0n) is 18.0. The Morgan fingerprint density at radius 3 is 2.48 bits per heavy atom. The first kappa shape index (κ1) is 22.2. The second kappa shape index (κ2) is 10.0. The Hall–Kier alpha value is -3.48. The highest BCUT2D eigenvalue weighted by molar-refractivity contribution is 5.81. The molecule has 31 heavy (non-hydrogen) atoms. The van der Waals surface area contributed by atoms with Crippen LogP contribution in [0.3, 0.4) is 0 Å². The minimum atomic E-state index is -0.681. The second-order valence-corrected chi connectivity index (χ2v) is 7.98. The summed E-state index contributed by atoms with van der Waals surface area (Å²) in [6.07, 6.45) is 2.31. The summed E-state index contributed by atoms with van der Waals surface area (Å²) in [5.74, 6) is -0.505. The van der Waals surface area contributed by atoms with Gasteiger partial charge in [-0.2, -0.15) is 0 Å². The lowest BCUT2D eigenvalue weighted by atomic mass is 10.00. The number of nitrogens with one attached hydrogen (secondary N) is 1. The molecule has 0 unspecified atom stereocenters. The Bertz CT molecular complexity index is 1120. The molecule has 0 fully saturated rings. The third-order valence-electron chi connectivity index (χ3n) is 4.90. The highest BCUT2D eigenvalue weighted by Crippen LogP contribution is 2.15. The molecular formula is C24H27N3O4. The largest absolute Gasteiger partial charge is 0.454 e. The van der Waals surface area contributed by atoms with Gasteiger partial charge >= 0.3 is 5.97 Å². The Morgan fingerprint density at radius 2 is 1.77 bits per heavy atom. The Balaban J connectivity index is 1.50. The van der Waals surface area contributed by atoms with Crippen molar-refractivity contribution in [3.05, 3.63) is 76.3 Å². The molecule has 1 amide bonds. The molecule has 0 saturated carbocycles. The number of ether oxygens (including phenoxy) is 1. The first-order chi connectivity index (χ1) is 14.8. The quantitative estimate of drug-likeness (QED) is 0.565. The van der Waals surface area contributed by atoms with Crippen molar-refractivity contribution in [2.24, 2.45) is 5.92 Å². The van der Waals surface area contributed by atoms with Crippen molar-refractivity contribution in [2.45, 2.75) is 39.8 Å². The summed E-state index contributed by atoms with van der Waals surface area (Å²) < 4.78 is 6.21. The molecule has 7 heteroatoms. The molecule has 162 valence electrons. The number of hydrogen-bond donors (Lipinski definition) is 1. The van der Waals surface area contributed by atoms with Gasteiger partial charge in [0.2, 0.25) is 0 Å². The monoisotopic (exact) mass is 421 g/mol. The number of esters is 1. The molecule has 0 radical (unpaired) electrons. The van der Waals surface area contributed by atoms with Crippen LogP contribution in [0.2, 0.25) is 0 Å². The van der Waals surface area contributed by atoms with Gasteiger partial charge in [0.05, 0.1) is 23.3 Å². The molecule has 3 aromatic rings. The van der Waals surface area contributed by atoms with Crippen LogP contribution in [0.1, 0.15) is 37.9 Å². The van der Waals surface area contributed by atoms with Crippen LogP contribution in [0.5, 0.6) is 0 Å². The summed E-state index contributed by atoms with van der Waals surface area (Å²) in [6, 6.07) is 14.8. The van der Waals surface area contributed by atoms with Gasteiger partial charge in [-0.25, -0.2) is 4.98 Å². The molecule has 0 saturated heterocycles. The molecule has 3 rings (SSSR count). The van der Waals surface area contributed by atoms with Gasteiger partial charge in [-0.3, -0.25) is 19.0 Å². The lowest BCUT2D eigenvalue weighted by Crippen LogP contribution is -2.32. The molecule has 0 aliphatic carbocycles. The van der Waals surface area contributed by atoms with Crippen molar-refractivity contribution in [3.8, 4) is 0 Å². The van der Waals surface area contributed by atoms with E-state index in [1.807, 2.05) is 19.1 Å². The van der Waals surface area contributed by atoms with Crippen LogP contribution in [0.15, 0.2) is 59.7 Å². The molecule has 1 heterocycles. The molecule has 1 N–H and O–H groups in total. The zero-order valence-corrected chi connectivity index (χ0v) is 18.0. The highest BCUT2D eigenvalue weighted by atomic mass is 16.5. The Kier molecular flexibility index (Phi) is 7.18. The minimum absolute atomic E-state index is 0.216. The topological polar surface area (TPSA) is 90.3 Å². The van der Waals surface area contributed by atoms with E-state index in [9.17, 15) is 14.4 Å². The standard InChI is InChI=1S/C24H27N3O4/c1-16(2)12-18-8-10-19(11-9-18)17(3)26-22(28)14-31-23(29)13-27-15-25-21-7-5-4-6-20(21)24(27)30/h4-11,15-17H,12-14H2,1-3H3,(H,26,28)/t17-/m1/s1. The van der Waals surface area contributed by atoms with E-state index < -0.39 is 18.5 Å². The maximum atomic E-state index is 12.4. The number of nitrogens with zero attached hydrogens (tertiary/aromatic N) is 2. The van der Waals surface area contributed by atoms with Gasteiger partial charge in [0.15, 0.2) is 6.61 Å². The molecule has 0 spiro atoms. The fraction of sp³-hybridized carbons (Fsp3) is 0.333. The van der Waals surface area contributed by atoms with Crippen molar-refractivity contribution in [2.75, 3.05) is 6.61 Å². The van der Waals surface area contributed by atoms with Crippen LogP contribution in [0.4, 0.5) is 0 Å². The molecule has 2 aromatic carbocycles. The number of carbonyl (C=O) groups is 2. The highest BCUT2D eigenvalue weighted by Gasteiger charge is 2.14. The van der Waals surface area contributed by atoms with Crippen LogP contribution in [-0.4, -0.2) is 28.0 Å². The Labute approximate surface area is 181 Å². The van der Waals surface area contributed by atoms with Crippen LogP contribution in [-0.2, 0) is 27.3 Å². The van der Waals surface area contributed by atoms with Gasteiger partial charge in [0.1, 0.15) is 6.54 Å². The summed E-state index contributed by atoms with van der Waals surface area (Å²) >= 11 is 0. The van der Waals surface area contributed by atoms with Crippen molar-refractivity contribution < 1.29 is 14.3 Å². The van der Waals surface area contributed by atoms with Gasteiger partial charge in [-0.1, -0.05) is 50.2 Å². The number of rotatable bonds is 8. The van der Waals surface area contributed by atoms with Crippen molar-refractivity contribution in [1.29, 1.82) is 0 Å². The van der Waals surface area contributed by atoms with E-state index >= 15 is 0 Å². The number of hydrogen-bond acceptors (Lipinski definition) is 5. The molecule has 0 aliphatic rings. The van der Waals surface area contributed by atoms with Crippen molar-refractivity contribution in [1.82, 2.24) is 14.9 Å².